The van der Waals surface area contributed by atoms with Crippen LogP contribution in [-0.2, 0) is 11.0 Å². The van der Waals surface area contributed by atoms with Crippen LogP contribution in [0.1, 0.15) is 23.9 Å². The van der Waals surface area contributed by atoms with Crippen LogP contribution >= 0.6 is 0 Å². The molecule has 2 rings (SSSR count). The molecule has 7 heteroatoms. The monoisotopic (exact) mass is 232 g/mol. The minimum atomic E-state index is -4.52. The fraction of sp³-hybridized carbons (Fsp3) is 0.444. The maximum absolute atomic E-state index is 12.3. The summed E-state index contributed by atoms with van der Waals surface area (Å²) in [7, 11) is 0. The predicted octanol–water partition coefficient (Wildman–Crippen LogP) is 1.68. The number of carbonyl (C=O) groups is 1. The van der Waals surface area contributed by atoms with Crippen LogP contribution in [0.3, 0.4) is 0 Å². The zero-order valence-corrected chi connectivity index (χ0v) is 7.90. The van der Waals surface area contributed by atoms with Gasteiger partial charge in [0.2, 0.25) is 0 Å². The molecule has 0 amide bonds. The first-order valence-electron chi connectivity index (χ1n) is 4.52. The van der Waals surface area contributed by atoms with E-state index in [2.05, 4.69) is 9.97 Å². The standard InChI is InChI=1S/C9H7F3N2O2/c10-9(11,12)6-1-2-13-7(14-6)4-3-5(4)8(15)16/h1-2,4-5H,3H2,(H,15,16)/t4-,5-/m0/s1. The summed E-state index contributed by atoms with van der Waals surface area (Å²) >= 11 is 0. The number of aromatic nitrogens is 2. The van der Waals surface area contributed by atoms with Gasteiger partial charge in [0.25, 0.3) is 0 Å². The van der Waals surface area contributed by atoms with Gasteiger partial charge in [0.15, 0.2) is 0 Å². The molecule has 0 spiro atoms. The van der Waals surface area contributed by atoms with Crippen molar-refractivity contribution in [3.05, 3.63) is 23.8 Å². The largest absolute Gasteiger partial charge is 0.481 e. The number of hydrogen-bond acceptors (Lipinski definition) is 3. The van der Waals surface area contributed by atoms with E-state index in [-0.39, 0.29) is 5.82 Å². The van der Waals surface area contributed by atoms with Crippen LogP contribution in [0.15, 0.2) is 12.3 Å². The Bertz CT molecular complexity index is 433. The van der Waals surface area contributed by atoms with Crippen LogP contribution in [-0.4, -0.2) is 21.0 Å². The summed E-state index contributed by atoms with van der Waals surface area (Å²) in [6.45, 7) is 0. The molecule has 1 fully saturated rings. The van der Waals surface area contributed by atoms with E-state index in [0.717, 1.165) is 12.3 Å². The molecule has 1 aliphatic rings. The molecule has 4 nitrogen and oxygen atoms in total. The van der Waals surface area contributed by atoms with Crippen LogP contribution in [0.5, 0.6) is 0 Å². The van der Waals surface area contributed by atoms with Crippen molar-refractivity contribution >= 4 is 5.97 Å². The summed E-state index contributed by atoms with van der Waals surface area (Å²) in [6.07, 6.45) is -3.22. The van der Waals surface area contributed by atoms with Crippen molar-refractivity contribution in [3.8, 4) is 0 Å². The Morgan fingerprint density at radius 1 is 1.50 bits per heavy atom. The van der Waals surface area contributed by atoms with Gasteiger partial charge in [0, 0.05) is 12.1 Å². The highest BCUT2D eigenvalue weighted by Gasteiger charge is 2.47. The SMILES string of the molecule is O=C(O)[C@H]1C[C@@H]1c1nccc(C(F)(F)F)n1. The second-order valence-electron chi connectivity index (χ2n) is 3.58. The molecule has 0 saturated heterocycles. The van der Waals surface area contributed by atoms with E-state index in [1.807, 2.05) is 0 Å². The van der Waals surface area contributed by atoms with Crippen molar-refractivity contribution in [2.75, 3.05) is 0 Å². The average Bonchev–Trinajstić information content (AvgIpc) is 2.96. The van der Waals surface area contributed by atoms with Gasteiger partial charge in [-0.1, -0.05) is 0 Å². The van der Waals surface area contributed by atoms with Crippen LogP contribution < -0.4 is 0 Å². The molecule has 2 atom stereocenters. The average molecular weight is 232 g/mol. The summed E-state index contributed by atoms with van der Waals surface area (Å²) in [5.41, 5.74) is -1.03. The molecule has 1 heterocycles. The second kappa shape index (κ2) is 3.43. The molecule has 0 bridgehead atoms. The quantitative estimate of drug-likeness (QED) is 0.842. The fourth-order valence-corrected chi connectivity index (χ4v) is 1.46. The number of halogens is 3. The summed E-state index contributed by atoms with van der Waals surface area (Å²) in [5, 5.41) is 8.64. The van der Waals surface area contributed by atoms with Crippen molar-refractivity contribution in [2.45, 2.75) is 18.5 Å². The lowest BCUT2D eigenvalue weighted by Gasteiger charge is -2.06. The van der Waals surface area contributed by atoms with E-state index in [9.17, 15) is 18.0 Å². The molecule has 0 radical (unpaired) electrons. The van der Waals surface area contributed by atoms with Crippen LogP contribution in [0.2, 0.25) is 0 Å². The van der Waals surface area contributed by atoms with Gasteiger partial charge in [-0.05, 0) is 12.5 Å². The van der Waals surface area contributed by atoms with Gasteiger partial charge in [0.1, 0.15) is 11.5 Å². The third-order valence-corrected chi connectivity index (χ3v) is 2.40. The lowest BCUT2D eigenvalue weighted by Crippen LogP contribution is -2.10. The van der Waals surface area contributed by atoms with Gasteiger partial charge in [-0.15, -0.1) is 0 Å². The Morgan fingerprint density at radius 2 is 2.19 bits per heavy atom. The van der Waals surface area contributed by atoms with Gasteiger partial charge in [-0.2, -0.15) is 13.2 Å². The van der Waals surface area contributed by atoms with E-state index in [0.29, 0.717) is 6.42 Å². The first kappa shape index (κ1) is 10.8. The Balaban J connectivity index is 2.22. The smallest absolute Gasteiger partial charge is 0.433 e. The van der Waals surface area contributed by atoms with E-state index < -0.39 is 29.7 Å². The first-order chi connectivity index (χ1) is 7.39. The number of alkyl halides is 3. The second-order valence-corrected chi connectivity index (χ2v) is 3.58. The minimum Gasteiger partial charge on any atom is -0.481 e. The molecule has 1 N–H and O–H groups in total. The summed E-state index contributed by atoms with van der Waals surface area (Å²) in [4.78, 5) is 17.6. The molecule has 0 aliphatic heterocycles. The van der Waals surface area contributed by atoms with Crippen molar-refractivity contribution in [3.63, 3.8) is 0 Å². The molecule has 1 aromatic rings. The highest BCUT2D eigenvalue weighted by Crippen LogP contribution is 2.46. The number of aliphatic carboxylic acids is 1. The molecule has 0 aromatic carbocycles. The molecule has 1 aliphatic carbocycles. The van der Waals surface area contributed by atoms with Gasteiger partial charge in [0.05, 0.1) is 5.92 Å². The molecule has 86 valence electrons. The topological polar surface area (TPSA) is 63.1 Å². The summed E-state index contributed by atoms with van der Waals surface area (Å²) in [6, 6.07) is 0.766. The maximum Gasteiger partial charge on any atom is 0.433 e. The molecular formula is C9H7F3N2O2. The van der Waals surface area contributed by atoms with Crippen LogP contribution in [0.25, 0.3) is 0 Å². The molecule has 1 saturated carbocycles. The minimum absolute atomic E-state index is 0.0396. The van der Waals surface area contributed by atoms with E-state index >= 15 is 0 Å². The van der Waals surface area contributed by atoms with Gasteiger partial charge in [-0.25, -0.2) is 9.97 Å². The normalized spacial score (nSPS) is 24.2. The summed E-state index contributed by atoms with van der Waals surface area (Å²) in [5.74, 6) is -2.20. The Hall–Kier alpha value is -1.66. The Labute approximate surface area is 88.1 Å². The van der Waals surface area contributed by atoms with E-state index in [1.165, 1.54) is 0 Å². The van der Waals surface area contributed by atoms with Crippen molar-refractivity contribution in [2.24, 2.45) is 5.92 Å². The Morgan fingerprint density at radius 3 is 2.69 bits per heavy atom. The van der Waals surface area contributed by atoms with Crippen molar-refractivity contribution < 1.29 is 23.1 Å². The van der Waals surface area contributed by atoms with E-state index in [4.69, 9.17) is 5.11 Å². The van der Waals surface area contributed by atoms with Gasteiger partial charge < -0.3 is 5.11 Å². The number of carboxylic acids is 1. The zero-order valence-electron chi connectivity index (χ0n) is 7.90. The zero-order chi connectivity index (χ0) is 11.9. The van der Waals surface area contributed by atoms with Gasteiger partial charge >= 0.3 is 12.1 Å². The van der Waals surface area contributed by atoms with E-state index in [1.54, 1.807) is 0 Å². The van der Waals surface area contributed by atoms with Crippen LogP contribution in [0.4, 0.5) is 13.2 Å². The maximum atomic E-state index is 12.3. The molecular weight excluding hydrogens is 225 g/mol. The molecule has 16 heavy (non-hydrogen) atoms. The number of hydrogen-bond donors (Lipinski definition) is 1. The highest BCUT2D eigenvalue weighted by atomic mass is 19.4. The third-order valence-electron chi connectivity index (χ3n) is 2.40. The highest BCUT2D eigenvalue weighted by molar-refractivity contribution is 5.74. The number of carboxylic acid groups (broad SMARTS) is 1. The molecule has 0 unspecified atom stereocenters. The van der Waals surface area contributed by atoms with Gasteiger partial charge in [-0.3, -0.25) is 4.79 Å². The first-order valence-corrected chi connectivity index (χ1v) is 4.52. The summed E-state index contributed by atoms with van der Waals surface area (Å²) < 4.78 is 36.9. The number of rotatable bonds is 2. The fourth-order valence-electron chi connectivity index (χ4n) is 1.46. The lowest BCUT2D eigenvalue weighted by atomic mass is 10.3. The van der Waals surface area contributed by atoms with Crippen molar-refractivity contribution in [1.82, 2.24) is 9.97 Å². The predicted molar refractivity (Wildman–Crippen MR) is 45.5 cm³/mol. The molecule has 1 aromatic heterocycles. The van der Waals surface area contributed by atoms with Crippen molar-refractivity contribution in [1.29, 1.82) is 0 Å². The number of nitrogens with zero attached hydrogens (tertiary/aromatic N) is 2. The third kappa shape index (κ3) is 1.98. The Kier molecular flexibility index (Phi) is 2.32. The lowest BCUT2D eigenvalue weighted by molar-refractivity contribution is -0.141. The van der Waals surface area contributed by atoms with Crippen LogP contribution in [0, 0.1) is 5.92 Å².